The van der Waals surface area contributed by atoms with Crippen LogP contribution in [0.25, 0.3) is 0 Å². The van der Waals surface area contributed by atoms with Gasteiger partial charge in [0, 0.05) is 52.9 Å². The topological polar surface area (TPSA) is 121 Å². The predicted molar refractivity (Wildman–Crippen MR) is 145 cm³/mol. The Kier molecular flexibility index (Phi) is 10.7. The standard InChI is InChI=1S/C28H46N4O10/c33-27-29(17-39-21-1-9-35-10-2-21)25-26(31(27)19-41-23-5-13-37-14-6-23)32(20-42-24-7-15-38-16-8-24)28(34)30(25)18-40-22-3-11-36-12-4-22/h21-26H,1-20H2. The van der Waals surface area contributed by atoms with Crippen LogP contribution < -0.4 is 0 Å². The molecule has 0 unspecified atom stereocenters. The molecule has 6 heterocycles. The molecule has 14 nitrogen and oxygen atoms in total. The molecule has 6 aliphatic heterocycles. The summed E-state index contributed by atoms with van der Waals surface area (Å²) >= 11 is 0. The van der Waals surface area contributed by atoms with Gasteiger partial charge < -0.3 is 37.9 Å². The van der Waals surface area contributed by atoms with Crippen LogP contribution in [0.1, 0.15) is 51.4 Å². The molecule has 4 amide bonds. The molecule has 6 saturated heterocycles. The van der Waals surface area contributed by atoms with Gasteiger partial charge in [0.2, 0.25) is 0 Å². The van der Waals surface area contributed by atoms with Crippen LogP contribution in [0.2, 0.25) is 0 Å². The molecule has 14 heteroatoms. The van der Waals surface area contributed by atoms with Crippen molar-refractivity contribution >= 4 is 12.1 Å². The van der Waals surface area contributed by atoms with Crippen molar-refractivity contribution < 1.29 is 47.5 Å². The molecule has 0 aliphatic carbocycles. The first-order chi connectivity index (χ1) is 20.7. The summed E-state index contributed by atoms with van der Waals surface area (Å²) in [7, 11) is 0. The van der Waals surface area contributed by atoms with Gasteiger partial charge in [-0.3, -0.25) is 19.6 Å². The summed E-state index contributed by atoms with van der Waals surface area (Å²) in [5.74, 6) is 0. The molecular formula is C28H46N4O10. The Hall–Kier alpha value is -1.78. The van der Waals surface area contributed by atoms with Crippen molar-refractivity contribution in [3.05, 3.63) is 0 Å². The second-order valence-corrected chi connectivity index (χ2v) is 11.7. The Morgan fingerprint density at radius 3 is 0.857 bits per heavy atom. The SMILES string of the molecule is O=C1N(COC2CCOCC2)C2C(N1COC1CCOCC1)N(COC1CCOCC1)C(=O)N2COC1CCOCC1. The smallest absolute Gasteiger partial charge is 0.327 e. The zero-order valence-electron chi connectivity index (χ0n) is 24.5. The van der Waals surface area contributed by atoms with Crippen LogP contribution in [0, 0.1) is 0 Å². The summed E-state index contributed by atoms with van der Waals surface area (Å²) < 4.78 is 46.9. The predicted octanol–water partition coefficient (Wildman–Crippen LogP) is 1.73. The maximum atomic E-state index is 14.0. The lowest BCUT2D eigenvalue weighted by Gasteiger charge is -2.33. The number of rotatable bonds is 12. The van der Waals surface area contributed by atoms with E-state index in [4.69, 9.17) is 37.9 Å². The molecular weight excluding hydrogens is 552 g/mol. The van der Waals surface area contributed by atoms with Gasteiger partial charge in [-0.25, -0.2) is 9.59 Å². The minimum Gasteiger partial charge on any atom is -0.381 e. The van der Waals surface area contributed by atoms with Gasteiger partial charge in [-0.15, -0.1) is 0 Å². The summed E-state index contributed by atoms with van der Waals surface area (Å²) in [6.45, 7) is 5.34. The number of fused-ring (bicyclic) bond motifs is 1. The zero-order chi connectivity index (χ0) is 28.7. The van der Waals surface area contributed by atoms with Crippen molar-refractivity contribution in [1.82, 2.24) is 19.6 Å². The lowest BCUT2D eigenvalue weighted by molar-refractivity contribution is -0.101. The Balaban J connectivity index is 1.21. The van der Waals surface area contributed by atoms with Crippen LogP contribution >= 0.6 is 0 Å². The van der Waals surface area contributed by atoms with E-state index in [1.165, 1.54) is 0 Å². The average Bonchev–Trinajstić information content (AvgIpc) is 3.47. The van der Waals surface area contributed by atoms with Crippen molar-refractivity contribution in [1.29, 1.82) is 0 Å². The molecule has 6 rings (SSSR count). The van der Waals surface area contributed by atoms with Crippen LogP contribution in [0.15, 0.2) is 0 Å². The van der Waals surface area contributed by atoms with E-state index in [1.54, 1.807) is 19.6 Å². The van der Waals surface area contributed by atoms with E-state index in [0.717, 1.165) is 51.4 Å². The molecule has 0 radical (unpaired) electrons. The number of urea groups is 2. The average molecular weight is 599 g/mol. The third-order valence-corrected chi connectivity index (χ3v) is 9.00. The van der Waals surface area contributed by atoms with E-state index in [9.17, 15) is 9.59 Å². The van der Waals surface area contributed by atoms with Gasteiger partial charge in [0.05, 0.1) is 24.4 Å². The molecule has 0 atom stereocenters. The zero-order valence-corrected chi connectivity index (χ0v) is 24.5. The largest absolute Gasteiger partial charge is 0.381 e. The van der Waals surface area contributed by atoms with Crippen LogP contribution in [0.4, 0.5) is 9.59 Å². The van der Waals surface area contributed by atoms with Crippen LogP contribution in [0.3, 0.4) is 0 Å². The van der Waals surface area contributed by atoms with E-state index in [-0.39, 0.29) is 63.4 Å². The third-order valence-electron chi connectivity index (χ3n) is 9.00. The number of carbonyl (C=O) groups is 2. The summed E-state index contributed by atoms with van der Waals surface area (Å²) in [6, 6.07) is -0.465. The molecule has 0 bridgehead atoms. The Bertz CT molecular complexity index is 743. The van der Waals surface area contributed by atoms with E-state index in [2.05, 4.69) is 0 Å². The molecule has 0 spiro atoms. The molecule has 42 heavy (non-hydrogen) atoms. The maximum Gasteiger partial charge on any atom is 0.327 e. The normalized spacial score (nSPS) is 29.2. The summed E-state index contributed by atoms with van der Waals surface area (Å²) in [5, 5.41) is 0. The second-order valence-electron chi connectivity index (χ2n) is 11.7. The summed E-state index contributed by atoms with van der Waals surface area (Å²) in [6.07, 6.45) is 4.93. The van der Waals surface area contributed by atoms with Crippen molar-refractivity contribution in [2.75, 3.05) is 79.8 Å². The molecule has 6 aliphatic rings. The Morgan fingerprint density at radius 1 is 0.429 bits per heavy atom. The molecule has 0 saturated carbocycles. The van der Waals surface area contributed by atoms with Crippen molar-refractivity contribution in [3.63, 3.8) is 0 Å². The van der Waals surface area contributed by atoms with Gasteiger partial charge in [-0.05, 0) is 51.4 Å². The number of ether oxygens (including phenoxy) is 8. The fourth-order valence-electron chi connectivity index (χ4n) is 6.40. The highest BCUT2D eigenvalue weighted by Gasteiger charge is 2.60. The minimum absolute atomic E-state index is 0.00506. The fourth-order valence-corrected chi connectivity index (χ4v) is 6.40. The van der Waals surface area contributed by atoms with E-state index in [1.807, 2.05) is 0 Å². The Morgan fingerprint density at radius 2 is 0.643 bits per heavy atom. The fraction of sp³-hybridized carbons (Fsp3) is 0.929. The van der Waals surface area contributed by atoms with Gasteiger partial charge in [-0.1, -0.05) is 0 Å². The van der Waals surface area contributed by atoms with Gasteiger partial charge in [0.15, 0.2) is 12.3 Å². The quantitative estimate of drug-likeness (QED) is 0.328. The van der Waals surface area contributed by atoms with Crippen molar-refractivity contribution in [3.8, 4) is 0 Å². The highest BCUT2D eigenvalue weighted by Crippen LogP contribution is 2.36. The molecule has 0 aromatic rings. The number of nitrogens with zero attached hydrogens (tertiary/aromatic N) is 4. The van der Waals surface area contributed by atoms with Crippen molar-refractivity contribution in [2.24, 2.45) is 0 Å². The molecule has 6 fully saturated rings. The first-order valence-corrected chi connectivity index (χ1v) is 15.6. The summed E-state index contributed by atoms with van der Waals surface area (Å²) in [5.41, 5.74) is 0. The number of hydrogen-bond acceptors (Lipinski definition) is 10. The van der Waals surface area contributed by atoms with Gasteiger partial charge in [-0.2, -0.15) is 0 Å². The monoisotopic (exact) mass is 598 g/mol. The van der Waals surface area contributed by atoms with Crippen LogP contribution in [-0.4, -0.2) is 148 Å². The third kappa shape index (κ3) is 7.12. The molecule has 0 N–H and O–H groups in total. The molecule has 0 aromatic heterocycles. The number of carbonyl (C=O) groups excluding carboxylic acids is 2. The second kappa shape index (κ2) is 14.8. The number of hydrogen-bond donors (Lipinski definition) is 0. The summed E-state index contributed by atoms with van der Waals surface area (Å²) in [4.78, 5) is 34.7. The first kappa shape index (κ1) is 30.3. The van der Waals surface area contributed by atoms with Gasteiger partial charge in [0.1, 0.15) is 26.9 Å². The molecule has 238 valence electrons. The van der Waals surface area contributed by atoms with E-state index >= 15 is 0 Å². The Labute approximate surface area is 247 Å². The maximum absolute atomic E-state index is 14.0. The lowest BCUT2D eigenvalue weighted by atomic mass is 10.2. The minimum atomic E-state index is -0.610. The van der Waals surface area contributed by atoms with Gasteiger partial charge in [0.25, 0.3) is 0 Å². The van der Waals surface area contributed by atoms with Crippen LogP contribution in [-0.2, 0) is 37.9 Å². The lowest BCUT2D eigenvalue weighted by Crippen LogP contribution is -2.49. The first-order valence-electron chi connectivity index (χ1n) is 15.6. The van der Waals surface area contributed by atoms with Crippen molar-refractivity contribution in [2.45, 2.75) is 88.1 Å². The van der Waals surface area contributed by atoms with E-state index in [0.29, 0.717) is 52.9 Å². The van der Waals surface area contributed by atoms with Crippen LogP contribution in [0.5, 0.6) is 0 Å². The van der Waals surface area contributed by atoms with Gasteiger partial charge >= 0.3 is 12.1 Å². The number of amides is 4. The molecule has 0 aromatic carbocycles. The highest BCUT2D eigenvalue weighted by atomic mass is 16.5. The highest BCUT2D eigenvalue weighted by molar-refractivity contribution is 5.85. The van der Waals surface area contributed by atoms with E-state index < -0.39 is 12.3 Å².